The minimum absolute atomic E-state index is 0.334. The Morgan fingerprint density at radius 3 is 3.00 bits per heavy atom. The maximum Gasteiger partial charge on any atom is 0.174 e. The number of fused-ring (bicyclic) bond motifs is 1. The monoisotopic (exact) mass is 182 g/mol. The van der Waals surface area contributed by atoms with Gasteiger partial charge >= 0.3 is 0 Å². The predicted molar refractivity (Wildman–Crippen MR) is 45.1 cm³/mol. The topological polar surface area (TPSA) is 43.1 Å². The average molecular weight is 183 g/mol. The quantitative estimate of drug-likeness (QED) is 0.622. The molecule has 0 N–H and O–H groups in total. The van der Waals surface area contributed by atoms with Crippen molar-refractivity contribution in [2.75, 3.05) is 0 Å². The number of hydrogen-bond donors (Lipinski definition) is 0. The Kier molecular flexibility index (Phi) is 1.69. The fraction of sp³-hybridized carbons (Fsp3) is 0.286. The van der Waals surface area contributed by atoms with Crippen molar-refractivity contribution in [3.63, 3.8) is 0 Å². The van der Waals surface area contributed by atoms with Crippen molar-refractivity contribution in [1.82, 2.24) is 19.6 Å². The van der Waals surface area contributed by atoms with Crippen molar-refractivity contribution in [2.45, 2.75) is 12.8 Å². The first-order valence-electron chi connectivity index (χ1n) is 3.53. The molecule has 0 unspecified atom stereocenters. The molecule has 0 aliphatic rings. The maximum absolute atomic E-state index is 5.59. The number of rotatable bonds is 1. The lowest BCUT2D eigenvalue weighted by molar-refractivity contribution is 0.875. The van der Waals surface area contributed by atoms with E-state index in [4.69, 9.17) is 11.6 Å². The van der Waals surface area contributed by atoms with Crippen LogP contribution < -0.4 is 0 Å². The number of nitrogens with zero attached hydrogens (tertiary/aromatic N) is 4. The molecule has 0 atom stereocenters. The van der Waals surface area contributed by atoms with Gasteiger partial charge in [0.2, 0.25) is 0 Å². The van der Waals surface area contributed by atoms with Crippen molar-refractivity contribution in [1.29, 1.82) is 0 Å². The Morgan fingerprint density at radius 2 is 2.33 bits per heavy atom. The minimum atomic E-state index is 0.334. The molecule has 0 radical (unpaired) electrons. The summed E-state index contributed by atoms with van der Waals surface area (Å²) in [5.41, 5.74) is 1.70. The normalized spacial score (nSPS) is 10.8. The molecule has 4 nitrogen and oxygen atoms in total. The van der Waals surface area contributed by atoms with Crippen LogP contribution in [0.4, 0.5) is 0 Å². The average Bonchev–Trinajstić information content (AvgIpc) is 2.49. The summed E-state index contributed by atoms with van der Waals surface area (Å²) in [5.74, 6) is 0.967. The van der Waals surface area contributed by atoms with Crippen LogP contribution in [0.15, 0.2) is 12.4 Å². The van der Waals surface area contributed by atoms with E-state index >= 15 is 0 Å². The third-order valence-corrected chi connectivity index (χ3v) is 1.82. The second kappa shape index (κ2) is 2.71. The molecular formula is C7H7ClN4. The summed E-state index contributed by atoms with van der Waals surface area (Å²) < 4.78 is 1.73. The molecule has 2 aromatic rings. The zero-order chi connectivity index (χ0) is 8.55. The van der Waals surface area contributed by atoms with Gasteiger partial charge in [-0.3, -0.25) is 4.98 Å². The van der Waals surface area contributed by atoms with Crippen molar-refractivity contribution in [3.8, 4) is 0 Å². The smallest absolute Gasteiger partial charge is 0.174 e. The fourth-order valence-corrected chi connectivity index (χ4v) is 1.15. The van der Waals surface area contributed by atoms with Crippen LogP contribution in [0.25, 0.3) is 5.65 Å². The van der Waals surface area contributed by atoms with Gasteiger partial charge < -0.3 is 0 Å². The van der Waals surface area contributed by atoms with Gasteiger partial charge in [0.15, 0.2) is 11.5 Å². The van der Waals surface area contributed by atoms with E-state index in [1.165, 1.54) is 0 Å². The van der Waals surface area contributed by atoms with Crippen LogP contribution >= 0.6 is 11.6 Å². The van der Waals surface area contributed by atoms with E-state index in [-0.39, 0.29) is 0 Å². The molecule has 2 rings (SSSR count). The molecule has 0 aliphatic heterocycles. The van der Waals surface area contributed by atoms with Crippen LogP contribution in [-0.2, 0) is 5.88 Å². The molecule has 0 amide bonds. The number of halogens is 1. The molecular weight excluding hydrogens is 176 g/mol. The van der Waals surface area contributed by atoms with Gasteiger partial charge in [0.25, 0.3) is 0 Å². The summed E-state index contributed by atoms with van der Waals surface area (Å²) in [6.07, 6.45) is 3.40. The summed E-state index contributed by atoms with van der Waals surface area (Å²) in [6, 6.07) is 0. The zero-order valence-electron chi connectivity index (χ0n) is 6.53. The molecule has 0 aliphatic carbocycles. The summed E-state index contributed by atoms with van der Waals surface area (Å²) >= 11 is 5.59. The molecule has 0 bridgehead atoms. The highest BCUT2D eigenvalue weighted by Gasteiger charge is 2.02. The van der Waals surface area contributed by atoms with Gasteiger partial charge in [0.1, 0.15) is 0 Å². The molecule has 5 heteroatoms. The summed E-state index contributed by atoms with van der Waals surface area (Å²) in [5, 5.41) is 4.16. The van der Waals surface area contributed by atoms with Gasteiger partial charge in [-0.15, -0.1) is 16.7 Å². The largest absolute Gasteiger partial charge is 0.259 e. The van der Waals surface area contributed by atoms with Crippen LogP contribution in [0.2, 0.25) is 0 Å². The standard InChI is InChI=1S/C7H7ClN4/c1-5-3-9-4-7-10-6(2-8)11-12(5)7/h3-4H,2H2,1H3. The molecule has 0 saturated heterocycles. The minimum Gasteiger partial charge on any atom is -0.259 e. The summed E-state index contributed by atoms with van der Waals surface area (Å²) in [6.45, 7) is 1.92. The number of aromatic nitrogens is 4. The van der Waals surface area contributed by atoms with Gasteiger partial charge in [-0.2, -0.15) is 0 Å². The molecule has 62 valence electrons. The molecule has 12 heavy (non-hydrogen) atoms. The molecule has 2 heterocycles. The van der Waals surface area contributed by atoms with E-state index in [0.29, 0.717) is 11.7 Å². The fourth-order valence-electron chi connectivity index (χ4n) is 1.03. The van der Waals surface area contributed by atoms with Gasteiger partial charge in [0, 0.05) is 6.20 Å². The second-order valence-corrected chi connectivity index (χ2v) is 2.75. The summed E-state index contributed by atoms with van der Waals surface area (Å²) in [7, 11) is 0. The van der Waals surface area contributed by atoms with E-state index in [1.807, 2.05) is 6.92 Å². The van der Waals surface area contributed by atoms with Crippen molar-refractivity contribution in [2.24, 2.45) is 0 Å². The lowest BCUT2D eigenvalue weighted by atomic mass is 10.5. The highest BCUT2D eigenvalue weighted by atomic mass is 35.5. The lowest BCUT2D eigenvalue weighted by Crippen LogP contribution is -1.93. The van der Waals surface area contributed by atoms with E-state index in [0.717, 1.165) is 11.3 Å². The molecule has 0 saturated carbocycles. The van der Waals surface area contributed by atoms with Crippen LogP contribution in [0.3, 0.4) is 0 Å². The highest BCUT2D eigenvalue weighted by molar-refractivity contribution is 6.16. The second-order valence-electron chi connectivity index (χ2n) is 2.48. The molecule has 0 aromatic carbocycles. The van der Waals surface area contributed by atoms with Crippen molar-refractivity contribution >= 4 is 17.2 Å². The van der Waals surface area contributed by atoms with Crippen molar-refractivity contribution < 1.29 is 0 Å². The Balaban J connectivity index is 2.74. The van der Waals surface area contributed by atoms with Gasteiger partial charge in [-0.25, -0.2) is 9.50 Å². The van der Waals surface area contributed by atoms with E-state index in [2.05, 4.69) is 15.1 Å². The maximum atomic E-state index is 5.59. The third-order valence-electron chi connectivity index (χ3n) is 1.58. The molecule has 0 spiro atoms. The van der Waals surface area contributed by atoms with E-state index < -0.39 is 0 Å². The molecule has 2 aromatic heterocycles. The van der Waals surface area contributed by atoms with E-state index in [1.54, 1.807) is 16.9 Å². The SMILES string of the molecule is Cc1cncc2nc(CCl)nn12. The predicted octanol–water partition coefficient (Wildman–Crippen LogP) is 1.17. The van der Waals surface area contributed by atoms with Gasteiger partial charge in [-0.1, -0.05) is 0 Å². The lowest BCUT2D eigenvalue weighted by Gasteiger charge is -1.92. The Bertz CT molecular complexity index is 409. The Labute approximate surface area is 74.2 Å². The molecule has 0 fully saturated rings. The highest BCUT2D eigenvalue weighted by Crippen LogP contribution is 2.03. The number of aryl methyl sites for hydroxylation is 1. The van der Waals surface area contributed by atoms with E-state index in [9.17, 15) is 0 Å². The first kappa shape index (κ1) is 7.49. The number of alkyl halides is 1. The first-order valence-corrected chi connectivity index (χ1v) is 4.07. The summed E-state index contributed by atoms with van der Waals surface area (Å²) in [4.78, 5) is 8.14. The first-order chi connectivity index (χ1) is 5.81. The Hall–Kier alpha value is -1.16. The third kappa shape index (κ3) is 1.04. The Morgan fingerprint density at radius 1 is 1.50 bits per heavy atom. The van der Waals surface area contributed by atoms with Crippen LogP contribution in [0.1, 0.15) is 11.5 Å². The van der Waals surface area contributed by atoms with Gasteiger partial charge in [0.05, 0.1) is 17.8 Å². The number of hydrogen-bond acceptors (Lipinski definition) is 3. The van der Waals surface area contributed by atoms with Crippen LogP contribution in [0, 0.1) is 6.92 Å². The van der Waals surface area contributed by atoms with Crippen LogP contribution in [0.5, 0.6) is 0 Å². The van der Waals surface area contributed by atoms with Gasteiger partial charge in [-0.05, 0) is 6.92 Å². The van der Waals surface area contributed by atoms with Crippen molar-refractivity contribution in [3.05, 3.63) is 23.9 Å². The van der Waals surface area contributed by atoms with Crippen LogP contribution in [-0.4, -0.2) is 19.6 Å². The zero-order valence-corrected chi connectivity index (χ0v) is 7.28.